The number of hydrogen-bond acceptors (Lipinski definition) is 6. The van der Waals surface area contributed by atoms with E-state index in [0.29, 0.717) is 18.4 Å². The van der Waals surface area contributed by atoms with Crippen molar-refractivity contribution < 1.29 is 4.74 Å². The highest BCUT2D eigenvalue weighted by atomic mass is 16.5. The standard InChI is InChI=1S/C17H20N6O/c1-22-7-4-14-16(22)20-12-21-17(14)23-8-2-13(3-9-23)11-24-15-10-18-5-6-19-15/h4-7,10,12-13H,2-3,8-9,11H2,1H3. The predicted molar refractivity (Wildman–Crippen MR) is 91.0 cm³/mol. The number of aromatic nitrogens is 5. The molecule has 0 unspecified atom stereocenters. The Morgan fingerprint density at radius 3 is 2.83 bits per heavy atom. The zero-order valence-corrected chi connectivity index (χ0v) is 13.7. The summed E-state index contributed by atoms with van der Waals surface area (Å²) in [5.74, 6) is 2.17. The molecule has 7 heteroatoms. The summed E-state index contributed by atoms with van der Waals surface area (Å²) in [6, 6.07) is 2.09. The molecule has 0 aliphatic carbocycles. The number of aryl methyl sites for hydroxylation is 1. The molecule has 4 heterocycles. The van der Waals surface area contributed by atoms with Crippen molar-refractivity contribution in [2.75, 3.05) is 24.6 Å². The lowest BCUT2D eigenvalue weighted by molar-refractivity contribution is 0.215. The normalized spacial score (nSPS) is 15.8. The van der Waals surface area contributed by atoms with Crippen molar-refractivity contribution in [3.05, 3.63) is 37.2 Å². The van der Waals surface area contributed by atoms with Crippen molar-refractivity contribution in [1.29, 1.82) is 0 Å². The lowest BCUT2D eigenvalue weighted by Crippen LogP contribution is -2.36. The van der Waals surface area contributed by atoms with Crippen LogP contribution in [-0.2, 0) is 7.05 Å². The minimum absolute atomic E-state index is 0.538. The first kappa shape index (κ1) is 14.9. The Hall–Kier alpha value is -2.70. The van der Waals surface area contributed by atoms with E-state index in [9.17, 15) is 0 Å². The quantitative estimate of drug-likeness (QED) is 0.731. The molecule has 0 atom stereocenters. The molecule has 1 fully saturated rings. The molecule has 0 amide bonds. The summed E-state index contributed by atoms with van der Waals surface area (Å²) in [7, 11) is 2.01. The lowest BCUT2D eigenvalue weighted by atomic mass is 9.97. The Morgan fingerprint density at radius 1 is 1.17 bits per heavy atom. The van der Waals surface area contributed by atoms with E-state index in [-0.39, 0.29) is 0 Å². The molecule has 0 aromatic carbocycles. The van der Waals surface area contributed by atoms with E-state index >= 15 is 0 Å². The molecule has 1 saturated heterocycles. The van der Waals surface area contributed by atoms with Crippen LogP contribution in [-0.4, -0.2) is 44.2 Å². The van der Waals surface area contributed by atoms with Gasteiger partial charge in [0.25, 0.3) is 0 Å². The van der Waals surface area contributed by atoms with E-state index in [2.05, 4.69) is 30.9 Å². The molecular formula is C17H20N6O. The molecule has 4 rings (SSSR count). The Balaban J connectivity index is 1.39. The Morgan fingerprint density at radius 2 is 2.04 bits per heavy atom. The predicted octanol–water partition coefficient (Wildman–Crippen LogP) is 2.05. The van der Waals surface area contributed by atoms with Gasteiger partial charge in [-0.25, -0.2) is 15.0 Å². The first-order valence-corrected chi connectivity index (χ1v) is 8.21. The third-order valence-electron chi connectivity index (χ3n) is 4.56. The third kappa shape index (κ3) is 2.89. The maximum absolute atomic E-state index is 5.74. The average Bonchev–Trinajstić information content (AvgIpc) is 3.03. The second-order valence-corrected chi connectivity index (χ2v) is 6.15. The van der Waals surface area contributed by atoms with Gasteiger partial charge in [-0.1, -0.05) is 0 Å². The fourth-order valence-corrected chi connectivity index (χ4v) is 3.19. The monoisotopic (exact) mass is 324 g/mol. The van der Waals surface area contributed by atoms with Crippen molar-refractivity contribution in [2.24, 2.45) is 13.0 Å². The second-order valence-electron chi connectivity index (χ2n) is 6.15. The largest absolute Gasteiger partial charge is 0.476 e. The van der Waals surface area contributed by atoms with Crippen molar-refractivity contribution in [3.8, 4) is 5.88 Å². The number of hydrogen-bond donors (Lipinski definition) is 0. The molecule has 124 valence electrons. The molecular weight excluding hydrogens is 304 g/mol. The molecule has 0 bridgehead atoms. The number of anilines is 1. The van der Waals surface area contributed by atoms with Crippen molar-refractivity contribution >= 4 is 16.9 Å². The number of fused-ring (bicyclic) bond motifs is 1. The zero-order chi connectivity index (χ0) is 16.4. The van der Waals surface area contributed by atoms with Crippen LogP contribution in [0.5, 0.6) is 5.88 Å². The van der Waals surface area contributed by atoms with Gasteiger partial charge in [-0.2, -0.15) is 0 Å². The van der Waals surface area contributed by atoms with Crippen LogP contribution in [0.25, 0.3) is 11.0 Å². The van der Waals surface area contributed by atoms with Crippen molar-refractivity contribution in [3.63, 3.8) is 0 Å². The summed E-state index contributed by atoms with van der Waals surface area (Å²) >= 11 is 0. The smallest absolute Gasteiger partial charge is 0.232 e. The molecule has 24 heavy (non-hydrogen) atoms. The molecule has 7 nitrogen and oxygen atoms in total. The van der Waals surface area contributed by atoms with Gasteiger partial charge in [0.1, 0.15) is 17.8 Å². The summed E-state index contributed by atoms with van der Waals surface area (Å²) in [5, 5.41) is 1.12. The molecule has 0 saturated carbocycles. The Bertz CT molecular complexity index is 810. The van der Waals surface area contributed by atoms with Gasteiger partial charge in [-0.3, -0.25) is 4.98 Å². The van der Waals surface area contributed by atoms with Crippen LogP contribution in [0.3, 0.4) is 0 Å². The second kappa shape index (κ2) is 6.43. The van der Waals surface area contributed by atoms with Crippen LogP contribution in [0.1, 0.15) is 12.8 Å². The van der Waals surface area contributed by atoms with Gasteiger partial charge in [0.2, 0.25) is 5.88 Å². The fourth-order valence-electron chi connectivity index (χ4n) is 3.19. The Kier molecular flexibility index (Phi) is 3.98. The summed E-state index contributed by atoms with van der Waals surface area (Å²) in [4.78, 5) is 19.4. The van der Waals surface area contributed by atoms with E-state index in [4.69, 9.17) is 4.74 Å². The van der Waals surface area contributed by atoms with Gasteiger partial charge < -0.3 is 14.2 Å². The van der Waals surface area contributed by atoms with Gasteiger partial charge in [0.05, 0.1) is 18.2 Å². The van der Waals surface area contributed by atoms with E-state index in [1.165, 1.54) is 0 Å². The van der Waals surface area contributed by atoms with E-state index < -0.39 is 0 Å². The van der Waals surface area contributed by atoms with Gasteiger partial charge in [0, 0.05) is 38.7 Å². The van der Waals surface area contributed by atoms with Gasteiger partial charge in [-0.05, 0) is 24.8 Å². The van der Waals surface area contributed by atoms with Crippen molar-refractivity contribution in [2.45, 2.75) is 12.8 Å². The highest BCUT2D eigenvalue weighted by Gasteiger charge is 2.22. The van der Waals surface area contributed by atoms with Gasteiger partial charge in [-0.15, -0.1) is 0 Å². The summed E-state index contributed by atoms with van der Waals surface area (Å²) in [6.45, 7) is 2.65. The summed E-state index contributed by atoms with van der Waals surface area (Å²) in [5.41, 5.74) is 0.980. The van der Waals surface area contributed by atoms with Crippen LogP contribution in [0, 0.1) is 5.92 Å². The van der Waals surface area contributed by atoms with Crippen LogP contribution in [0.15, 0.2) is 37.2 Å². The van der Waals surface area contributed by atoms with Crippen LogP contribution in [0.2, 0.25) is 0 Å². The first-order valence-electron chi connectivity index (χ1n) is 8.21. The van der Waals surface area contributed by atoms with Crippen LogP contribution in [0.4, 0.5) is 5.82 Å². The fraction of sp³-hybridized carbons (Fsp3) is 0.412. The summed E-state index contributed by atoms with van der Waals surface area (Å²) < 4.78 is 7.77. The van der Waals surface area contributed by atoms with Crippen LogP contribution >= 0.6 is 0 Å². The molecule has 0 radical (unpaired) electrons. The molecule has 3 aromatic heterocycles. The maximum atomic E-state index is 5.74. The molecule has 0 spiro atoms. The summed E-state index contributed by atoms with van der Waals surface area (Å²) in [6.07, 6.45) is 10.8. The molecule has 1 aliphatic heterocycles. The minimum atomic E-state index is 0.538. The maximum Gasteiger partial charge on any atom is 0.232 e. The highest BCUT2D eigenvalue weighted by Crippen LogP contribution is 2.27. The van der Waals surface area contributed by atoms with E-state index in [1.807, 2.05) is 17.8 Å². The average molecular weight is 324 g/mol. The molecule has 1 aliphatic rings. The van der Waals surface area contributed by atoms with Crippen LogP contribution < -0.4 is 9.64 Å². The Labute approximate surface area is 140 Å². The number of piperidine rings is 1. The number of ether oxygens (including phenoxy) is 1. The minimum Gasteiger partial charge on any atom is -0.476 e. The van der Waals surface area contributed by atoms with Gasteiger partial charge in [0.15, 0.2) is 0 Å². The molecule has 0 N–H and O–H groups in total. The first-order chi connectivity index (χ1) is 11.8. The number of rotatable bonds is 4. The van der Waals surface area contributed by atoms with Crippen molar-refractivity contribution in [1.82, 2.24) is 24.5 Å². The van der Waals surface area contributed by atoms with E-state index in [0.717, 1.165) is 42.8 Å². The molecule has 3 aromatic rings. The number of nitrogens with zero attached hydrogens (tertiary/aromatic N) is 6. The SMILES string of the molecule is Cn1ccc2c(N3CCC(COc4cnccn4)CC3)ncnc21. The highest BCUT2D eigenvalue weighted by molar-refractivity contribution is 5.87. The zero-order valence-electron chi connectivity index (χ0n) is 13.7. The topological polar surface area (TPSA) is 69.0 Å². The third-order valence-corrected chi connectivity index (χ3v) is 4.56. The van der Waals surface area contributed by atoms with Gasteiger partial charge >= 0.3 is 0 Å². The lowest BCUT2D eigenvalue weighted by Gasteiger charge is -2.32. The van der Waals surface area contributed by atoms with E-state index in [1.54, 1.807) is 24.9 Å².